The van der Waals surface area contributed by atoms with Crippen LogP contribution in [-0.4, -0.2) is 14.2 Å². The molecule has 1 atom stereocenters. The van der Waals surface area contributed by atoms with Gasteiger partial charge in [-0.05, 0) is 41.5 Å². The van der Waals surface area contributed by atoms with Gasteiger partial charge in [0.25, 0.3) is 0 Å². The topological polar surface area (TPSA) is 27.7 Å². The minimum absolute atomic E-state index is 0.147. The molecule has 0 unspecified atom stereocenters. The van der Waals surface area contributed by atoms with Gasteiger partial charge in [-0.25, -0.2) is 0 Å². The van der Waals surface area contributed by atoms with E-state index in [9.17, 15) is 0 Å². The number of hydrogen-bond acceptors (Lipinski definition) is 3. The Morgan fingerprint density at radius 2 is 1.46 bits per heavy atom. The van der Waals surface area contributed by atoms with Crippen LogP contribution in [0.2, 0.25) is 0 Å². The fourth-order valence-corrected chi connectivity index (χ4v) is 3.13. The van der Waals surface area contributed by atoms with Crippen molar-refractivity contribution in [1.29, 1.82) is 0 Å². The Morgan fingerprint density at radius 3 is 2.21 bits per heavy atom. The van der Waals surface area contributed by atoms with Gasteiger partial charge in [0.05, 0.1) is 14.2 Å². The molecule has 0 saturated carbocycles. The molecule has 3 aromatic rings. The van der Waals surface area contributed by atoms with Crippen LogP contribution < -0.4 is 14.2 Å². The third-order valence-corrected chi connectivity index (χ3v) is 4.38. The van der Waals surface area contributed by atoms with Crippen molar-refractivity contribution in [2.24, 2.45) is 0 Å². The lowest BCUT2D eigenvalue weighted by atomic mass is 9.89. The van der Waals surface area contributed by atoms with Crippen molar-refractivity contribution in [1.82, 2.24) is 0 Å². The van der Waals surface area contributed by atoms with E-state index in [0.717, 1.165) is 39.5 Å². The molecule has 0 N–H and O–H groups in total. The fourth-order valence-electron chi connectivity index (χ4n) is 3.13. The van der Waals surface area contributed by atoms with Crippen molar-refractivity contribution in [3.63, 3.8) is 0 Å². The third-order valence-electron chi connectivity index (χ3n) is 4.38. The highest BCUT2D eigenvalue weighted by Crippen LogP contribution is 2.45. The van der Waals surface area contributed by atoms with E-state index in [1.54, 1.807) is 14.2 Å². The summed E-state index contributed by atoms with van der Waals surface area (Å²) in [4.78, 5) is 0. The molecule has 0 fully saturated rings. The van der Waals surface area contributed by atoms with E-state index in [2.05, 4.69) is 18.2 Å². The van der Waals surface area contributed by atoms with Gasteiger partial charge >= 0.3 is 0 Å². The molecule has 0 bridgehead atoms. The summed E-state index contributed by atoms with van der Waals surface area (Å²) in [5, 5.41) is 0. The number of methoxy groups -OCH3 is 2. The van der Waals surface area contributed by atoms with Crippen LogP contribution in [0.25, 0.3) is 11.1 Å². The van der Waals surface area contributed by atoms with Crippen molar-refractivity contribution < 1.29 is 14.2 Å². The van der Waals surface area contributed by atoms with Crippen LogP contribution in [0.1, 0.15) is 17.2 Å². The van der Waals surface area contributed by atoms with E-state index >= 15 is 0 Å². The molecule has 0 saturated heterocycles. The SMILES string of the molecule is COc1ccc([C@H]2Oc3ccccc3-c3cc(OC)ccc32)cc1. The second-order valence-corrected chi connectivity index (χ2v) is 5.72. The quantitative estimate of drug-likeness (QED) is 0.691. The first-order chi connectivity index (χ1) is 11.8. The Morgan fingerprint density at radius 1 is 0.750 bits per heavy atom. The van der Waals surface area contributed by atoms with Crippen LogP contribution in [0.3, 0.4) is 0 Å². The van der Waals surface area contributed by atoms with Gasteiger partial charge in [-0.1, -0.05) is 36.4 Å². The van der Waals surface area contributed by atoms with Gasteiger partial charge in [0.15, 0.2) is 0 Å². The highest BCUT2D eigenvalue weighted by Gasteiger charge is 2.27. The average molecular weight is 318 g/mol. The van der Waals surface area contributed by atoms with Gasteiger partial charge in [-0.3, -0.25) is 0 Å². The zero-order chi connectivity index (χ0) is 16.5. The van der Waals surface area contributed by atoms with E-state index in [1.807, 2.05) is 48.5 Å². The molecule has 1 aliphatic rings. The highest BCUT2D eigenvalue weighted by atomic mass is 16.5. The van der Waals surface area contributed by atoms with E-state index in [1.165, 1.54) is 0 Å². The number of rotatable bonds is 3. The summed E-state index contributed by atoms with van der Waals surface area (Å²) < 4.78 is 17.0. The van der Waals surface area contributed by atoms with Crippen molar-refractivity contribution in [2.75, 3.05) is 14.2 Å². The van der Waals surface area contributed by atoms with Gasteiger partial charge in [-0.15, -0.1) is 0 Å². The molecule has 1 aliphatic heterocycles. The van der Waals surface area contributed by atoms with Crippen LogP contribution >= 0.6 is 0 Å². The first kappa shape index (κ1) is 14.6. The van der Waals surface area contributed by atoms with E-state index < -0.39 is 0 Å². The van der Waals surface area contributed by atoms with Crippen LogP contribution in [-0.2, 0) is 0 Å². The Kier molecular flexibility index (Phi) is 3.62. The van der Waals surface area contributed by atoms with Crippen LogP contribution in [0.15, 0.2) is 66.7 Å². The molecule has 3 aromatic carbocycles. The monoisotopic (exact) mass is 318 g/mol. The van der Waals surface area contributed by atoms with Gasteiger partial charge in [0, 0.05) is 11.1 Å². The standard InChI is InChI=1S/C21H18O3/c1-22-15-9-7-14(8-10-15)21-18-12-11-16(23-2)13-19(18)17-5-3-4-6-20(17)24-21/h3-13,21H,1-2H3/t21-/m1/s1. The molecular formula is C21H18O3. The second-order valence-electron chi connectivity index (χ2n) is 5.72. The molecule has 24 heavy (non-hydrogen) atoms. The fraction of sp³-hybridized carbons (Fsp3) is 0.143. The van der Waals surface area contributed by atoms with E-state index in [0.29, 0.717) is 0 Å². The normalized spacial score (nSPS) is 15.0. The van der Waals surface area contributed by atoms with Crippen LogP contribution in [0, 0.1) is 0 Å². The maximum atomic E-state index is 6.31. The molecule has 3 heteroatoms. The molecular weight excluding hydrogens is 300 g/mol. The molecule has 0 aliphatic carbocycles. The Bertz CT molecular complexity index is 869. The van der Waals surface area contributed by atoms with Crippen molar-refractivity contribution in [3.05, 3.63) is 77.9 Å². The maximum absolute atomic E-state index is 6.31. The number of fused-ring (bicyclic) bond motifs is 3. The number of hydrogen-bond donors (Lipinski definition) is 0. The van der Waals surface area contributed by atoms with Crippen LogP contribution in [0.5, 0.6) is 17.2 Å². The molecule has 120 valence electrons. The third kappa shape index (κ3) is 2.38. The Labute approximate surface area is 141 Å². The summed E-state index contributed by atoms with van der Waals surface area (Å²) in [7, 11) is 3.36. The van der Waals surface area contributed by atoms with Crippen LogP contribution in [0.4, 0.5) is 0 Å². The lowest BCUT2D eigenvalue weighted by Crippen LogP contribution is -2.15. The minimum atomic E-state index is -0.147. The molecule has 0 aromatic heterocycles. The molecule has 0 amide bonds. The summed E-state index contributed by atoms with van der Waals surface area (Å²) in [5.74, 6) is 2.57. The molecule has 4 rings (SSSR count). The lowest BCUT2D eigenvalue weighted by Gasteiger charge is -2.29. The molecule has 0 spiro atoms. The van der Waals surface area contributed by atoms with E-state index in [-0.39, 0.29) is 6.10 Å². The summed E-state index contributed by atoms with van der Waals surface area (Å²) in [5.41, 5.74) is 4.48. The number of benzene rings is 3. The predicted molar refractivity (Wildman–Crippen MR) is 93.9 cm³/mol. The summed E-state index contributed by atoms with van der Waals surface area (Å²) in [6, 6.07) is 22.3. The van der Waals surface area contributed by atoms with Crippen molar-refractivity contribution in [3.8, 4) is 28.4 Å². The number of para-hydroxylation sites is 1. The number of ether oxygens (including phenoxy) is 3. The minimum Gasteiger partial charge on any atom is -0.497 e. The predicted octanol–water partition coefficient (Wildman–Crippen LogP) is 4.85. The first-order valence-corrected chi connectivity index (χ1v) is 7.88. The second kappa shape index (κ2) is 5.93. The first-order valence-electron chi connectivity index (χ1n) is 7.88. The lowest BCUT2D eigenvalue weighted by molar-refractivity contribution is 0.243. The van der Waals surface area contributed by atoms with Crippen molar-refractivity contribution >= 4 is 0 Å². The Balaban J connectivity index is 1.86. The zero-order valence-corrected chi connectivity index (χ0v) is 13.7. The zero-order valence-electron chi connectivity index (χ0n) is 13.7. The van der Waals surface area contributed by atoms with Gasteiger partial charge < -0.3 is 14.2 Å². The molecule has 3 nitrogen and oxygen atoms in total. The van der Waals surface area contributed by atoms with E-state index in [4.69, 9.17) is 14.2 Å². The highest BCUT2D eigenvalue weighted by molar-refractivity contribution is 5.77. The largest absolute Gasteiger partial charge is 0.497 e. The smallest absolute Gasteiger partial charge is 0.149 e. The molecule has 0 radical (unpaired) electrons. The average Bonchev–Trinajstić information content (AvgIpc) is 2.67. The maximum Gasteiger partial charge on any atom is 0.149 e. The van der Waals surface area contributed by atoms with Gasteiger partial charge in [-0.2, -0.15) is 0 Å². The summed E-state index contributed by atoms with van der Waals surface area (Å²) in [6.07, 6.45) is -0.147. The summed E-state index contributed by atoms with van der Waals surface area (Å²) >= 11 is 0. The molecule has 1 heterocycles. The Hall–Kier alpha value is -2.94. The van der Waals surface area contributed by atoms with Gasteiger partial charge in [0.2, 0.25) is 0 Å². The summed E-state index contributed by atoms with van der Waals surface area (Å²) in [6.45, 7) is 0. The van der Waals surface area contributed by atoms with Crippen molar-refractivity contribution in [2.45, 2.75) is 6.10 Å². The van der Waals surface area contributed by atoms with Gasteiger partial charge in [0.1, 0.15) is 23.4 Å².